The molecule has 4 rings (SSSR count). The van der Waals surface area contributed by atoms with Gasteiger partial charge in [-0.25, -0.2) is 4.98 Å². The molecule has 1 aliphatic carbocycles. The van der Waals surface area contributed by atoms with Crippen LogP contribution in [-0.2, 0) is 28.9 Å². The summed E-state index contributed by atoms with van der Waals surface area (Å²) in [5.74, 6) is -1.42. The first-order valence-corrected chi connectivity index (χ1v) is 12.1. The van der Waals surface area contributed by atoms with Crippen LogP contribution in [0.15, 0.2) is 42.5 Å². The molecule has 33 heavy (non-hydrogen) atoms. The van der Waals surface area contributed by atoms with Crippen molar-refractivity contribution >= 4 is 38.6 Å². The van der Waals surface area contributed by atoms with Crippen molar-refractivity contribution in [3.63, 3.8) is 0 Å². The van der Waals surface area contributed by atoms with Gasteiger partial charge >= 0.3 is 0 Å². The van der Waals surface area contributed by atoms with Gasteiger partial charge in [-0.05, 0) is 48.1 Å². The first kappa shape index (κ1) is 23.4. The van der Waals surface area contributed by atoms with Crippen LogP contribution in [-0.4, -0.2) is 56.1 Å². The summed E-state index contributed by atoms with van der Waals surface area (Å²) in [5, 5.41) is 12.2. The Kier molecular flexibility index (Phi) is 6.29. The fourth-order valence-electron chi connectivity index (χ4n) is 4.78. The minimum Gasteiger partial charge on any atom is -0.550 e. The lowest BCUT2D eigenvalue weighted by Crippen LogP contribution is -2.46. The van der Waals surface area contributed by atoms with Crippen molar-refractivity contribution in [2.75, 3.05) is 39.6 Å². The molecular weight excluding hydrogens is 434 g/mol. The average molecular weight is 466 g/mol. The monoisotopic (exact) mass is 465 g/mol. The van der Waals surface area contributed by atoms with Crippen molar-refractivity contribution < 1.29 is 19.2 Å². The number of aryl methyl sites for hydroxylation is 1. The molecule has 0 saturated heterocycles. The SMILES string of the molecule is CN(C(=O)C1(CC(=O)[O-])Cc2ccccc2C1)c1nc2cc(CCC[N+](C)(C)C)ccc2s1. The van der Waals surface area contributed by atoms with Gasteiger partial charge in [-0.15, -0.1) is 0 Å². The Morgan fingerprint density at radius 2 is 1.79 bits per heavy atom. The second-order valence-electron chi connectivity index (χ2n) is 10.2. The number of carbonyl (C=O) groups is 2. The molecule has 0 unspecified atom stereocenters. The second-order valence-corrected chi connectivity index (χ2v) is 11.2. The van der Waals surface area contributed by atoms with E-state index >= 15 is 0 Å². The highest BCUT2D eigenvalue weighted by Gasteiger charge is 2.45. The Morgan fingerprint density at radius 3 is 2.39 bits per heavy atom. The van der Waals surface area contributed by atoms with Gasteiger partial charge in [0, 0.05) is 25.9 Å². The lowest BCUT2D eigenvalue weighted by molar-refractivity contribution is -0.870. The lowest BCUT2D eigenvalue weighted by atomic mass is 9.80. The van der Waals surface area contributed by atoms with Crippen molar-refractivity contribution in [1.82, 2.24) is 4.98 Å². The number of hydrogen-bond acceptors (Lipinski definition) is 5. The third kappa shape index (κ3) is 5.09. The summed E-state index contributed by atoms with van der Waals surface area (Å²) in [4.78, 5) is 31.5. The number of nitrogens with zero attached hydrogens (tertiary/aromatic N) is 3. The summed E-state index contributed by atoms with van der Waals surface area (Å²) in [6.07, 6.45) is 2.59. The highest BCUT2D eigenvalue weighted by molar-refractivity contribution is 7.22. The molecule has 0 aliphatic heterocycles. The van der Waals surface area contributed by atoms with Crippen LogP contribution in [0.4, 0.5) is 5.13 Å². The Bertz CT molecular complexity index is 1170. The maximum absolute atomic E-state index is 13.7. The molecule has 7 heteroatoms. The number of hydrogen-bond donors (Lipinski definition) is 0. The minimum absolute atomic E-state index is 0.217. The number of rotatable bonds is 8. The molecule has 0 fully saturated rings. The number of anilines is 1. The number of aliphatic carboxylic acids is 1. The third-order valence-corrected chi connectivity index (χ3v) is 7.55. The predicted molar refractivity (Wildman–Crippen MR) is 130 cm³/mol. The Balaban J connectivity index is 1.56. The van der Waals surface area contributed by atoms with Gasteiger partial charge < -0.3 is 14.4 Å². The van der Waals surface area contributed by atoms with Crippen LogP contribution in [0.3, 0.4) is 0 Å². The quantitative estimate of drug-likeness (QED) is 0.480. The van der Waals surface area contributed by atoms with Gasteiger partial charge in [-0.1, -0.05) is 41.7 Å². The molecule has 0 N–H and O–H groups in total. The smallest absolute Gasteiger partial charge is 0.235 e. The van der Waals surface area contributed by atoms with Crippen molar-refractivity contribution in [3.05, 3.63) is 59.2 Å². The van der Waals surface area contributed by atoms with Crippen LogP contribution in [0.2, 0.25) is 0 Å². The summed E-state index contributed by atoms with van der Waals surface area (Å²) >= 11 is 1.46. The number of carboxylic acids is 1. The summed E-state index contributed by atoms with van der Waals surface area (Å²) in [5.41, 5.74) is 3.14. The zero-order chi connectivity index (χ0) is 23.8. The van der Waals surface area contributed by atoms with Crippen molar-refractivity contribution in [3.8, 4) is 0 Å². The Morgan fingerprint density at radius 1 is 1.12 bits per heavy atom. The van der Waals surface area contributed by atoms with E-state index in [0.29, 0.717) is 18.0 Å². The fourth-order valence-corrected chi connectivity index (χ4v) is 5.69. The van der Waals surface area contributed by atoms with Gasteiger partial charge in [0.15, 0.2) is 5.13 Å². The van der Waals surface area contributed by atoms with Gasteiger partial charge in [0.1, 0.15) is 0 Å². The number of aromatic nitrogens is 1. The van der Waals surface area contributed by atoms with E-state index in [1.807, 2.05) is 24.3 Å². The minimum atomic E-state index is -1.20. The molecule has 1 aromatic heterocycles. The predicted octanol–water partition coefficient (Wildman–Crippen LogP) is 2.82. The molecule has 0 atom stereocenters. The number of amides is 1. The van der Waals surface area contributed by atoms with E-state index in [2.05, 4.69) is 39.3 Å². The maximum atomic E-state index is 13.7. The Hall–Kier alpha value is -2.77. The molecule has 1 aliphatic rings. The van der Waals surface area contributed by atoms with Crippen molar-refractivity contribution in [2.24, 2.45) is 5.41 Å². The summed E-state index contributed by atoms with van der Waals surface area (Å²) in [7, 11) is 8.28. The van der Waals surface area contributed by atoms with Crippen LogP contribution in [0.1, 0.15) is 29.5 Å². The van der Waals surface area contributed by atoms with Crippen LogP contribution < -0.4 is 10.0 Å². The van der Waals surface area contributed by atoms with E-state index in [4.69, 9.17) is 4.98 Å². The summed E-state index contributed by atoms with van der Waals surface area (Å²) in [6, 6.07) is 14.1. The first-order valence-electron chi connectivity index (χ1n) is 11.3. The molecule has 1 heterocycles. The number of thiazole rings is 1. The van der Waals surface area contributed by atoms with E-state index in [1.54, 1.807) is 7.05 Å². The largest absolute Gasteiger partial charge is 0.550 e. The van der Waals surface area contributed by atoms with E-state index in [9.17, 15) is 14.7 Å². The van der Waals surface area contributed by atoms with Crippen molar-refractivity contribution in [2.45, 2.75) is 32.1 Å². The topological polar surface area (TPSA) is 73.3 Å². The molecule has 0 radical (unpaired) electrons. The highest BCUT2D eigenvalue weighted by atomic mass is 32.1. The molecule has 2 aromatic carbocycles. The average Bonchev–Trinajstić information content (AvgIpc) is 3.32. The maximum Gasteiger partial charge on any atom is 0.235 e. The molecule has 0 spiro atoms. The van der Waals surface area contributed by atoms with Crippen LogP contribution in [0, 0.1) is 5.41 Å². The molecule has 174 valence electrons. The van der Waals surface area contributed by atoms with Gasteiger partial charge in [0.2, 0.25) is 5.91 Å². The third-order valence-electron chi connectivity index (χ3n) is 6.44. The molecule has 3 aromatic rings. The van der Waals surface area contributed by atoms with Crippen molar-refractivity contribution in [1.29, 1.82) is 0 Å². The normalized spacial score (nSPS) is 14.9. The molecule has 0 bridgehead atoms. The number of carbonyl (C=O) groups excluding carboxylic acids is 2. The molecule has 1 amide bonds. The van der Waals surface area contributed by atoms with E-state index < -0.39 is 11.4 Å². The van der Waals surface area contributed by atoms with Crippen LogP contribution >= 0.6 is 11.3 Å². The van der Waals surface area contributed by atoms with Gasteiger partial charge in [-0.2, -0.15) is 0 Å². The molecule has 0 saturated carbocycles. The summed E-state index contributed by atoms with van der Waals surface area (Å²) in [6.45, 7) is 1.10. The van der Waals surface area contributed by atoms with Gasteiger partial charge in [-0.3, -0.25) is 9.69 Å². The van der Waals surface area contributed by atoms with Gasteiger partial charge in [0.05, 0.1) is 43.3 Å². The second kappa shape index (κ2) is 8.88. The zero-order valence-electron chi connectivity index (χ0n) is 19.8. The van der Waals surface area contributed by atoms with Gasteiger partial charge in [0.25, 0.3) is 0 Å². The summed E-state index contributed by atoms with van der Waals surface area (Å²) < 4.78 is 1.96. The Labute approximate surface area is 199 Å². The first-order chi connectivity index (χ1) is 15.6. The fraction of sp³-hybridized carbons (Fsp3) is 0.423. The van der Waals surface area contributed by atoms with E-state index in [1.165, 1.54) is 21.8 Å². The zero-order valence-corrected chi connectivity index (χ0v) is 20.6. The van der Waals surface area contributed by atoms with E-state index in [-0.39, 0.29) is 12.3 Å². The number of carboxylic acid groups (broad SMARTS) is 1. The highest BCUT2D eigenvalue weighted by Crippen LogP contribution is 2.42. The van der Waals surface area contributed by atoms with Crippen LogP contribution in [0.5, 0.6) is 0 Å². The number of benzene rings is 2. The van der Waals surface area contributed by atoms with Crippen LogP contribution in [0.25, 0.3) is 10.2 Å². The number of quaternary nitrogens is 1. The molecule has 6 nitrogen and oxygen atoms in total. The number of fused-ring (bicyclic) bond motifs is 2. The van der Waals surface area contributed by atoms with E-state index in [0.717, 1.165) is 45.2 Å². The lowest BCUT2D eigenvalue weighted by Gasteiger charge is -2.31. The standard InChI is InChI=1S/C26H31N3O3S/c1-28(24(32)26(17-23(30)31)15-19-9-5-6-10-20(19)16-26)25-27-21-14-18(11-12-22(21)33-25)8-7-13-29(2,3)4/h5-6,9-12,14H,7-8,13,15-17H2,1-4H3. The molecular formula is C26H31N3O3S.